The second-order valence-corrected chi connectivity index (χ2v) is 4.59. The summed E-state index contributed by atoms with van der Waals surface area (Å²) >= 11 is 0. The molecule has 0 spiro atoms. The molecule has 112 valence electrons. The minimum absolute atomic E-state index is 0.0451. The van der Waals surface area contributed by atoms with Crippen molar-refractivity contribution >= 4 is 11.8 Å². The summed E-state index contributed by atoms with van der Waals surface area (Å²) in [6.07, 6.45) is 0.858. The van der Waals surface area contributed by atoms with Gasteiger partial charge in [0.05, 0.1) is 18.7 Å². The van der Waals surface area contributed by atoms with Crippen molar-refractivity contribution in [2.45, 2.75) is 20.3 Å². The molecular weight excluding hydrogens is 266 g/mol. The maximum Gasteiger partial charge on any atom is 0.252 e. The first-order valence-corrected chi connectivity index (χ1v) is 6.93. The fourth-order valence-electron chi connectivity index (χ4n) is 1.68. The van der Waals surface area contributed by atoms with Gasteiger partial charge in [0.15, 0.2) is 0 Å². The van der Waals surface area contributed by atoms with E-state index in [1.54, 1.807) is 12.1 Å². The van der Waals surface area contributed by atoms with Crippen LogP contribution in [0.5, 0.6) is 0 Å². The van der Waals surface area contributed by atoms with E-state index in [2.05, 4.69) is 22.5 Å². The average molecular weight is 287 g/mol. The van der Waals surface area contributed by atoms with Gasteiger partial charge in [-0.25, -0.2) is 0 Å². The zero-order valence-corrected chi connectivity index (χ0v) is 12.5. The van der Waals surface area contributed by atoms with Gasteiger partial charge in [0.2, 0.25) is 5.91 Å². The Morgan fingerprint density at radius 3 is 2.71 bits per heavy atom. The Hall–Kier alpha value is -2.32. The van der Waals surface area contributed by atoms with Crippen LogP contribution in [0.15, 0.2) is 18.2 Å². The molecule has 0 saturated heterocycles. The van der Waals surface area contributed by atoms with Crippen molar-refractivity contribution in [3.8, 4) is 11.8 Å². The van der Waals surface area contributed by atoms with Gasteiger partial charge in [-0.05, 0) is 25.5 Å². The number of amides is 2. The van der Waals surface area contributed by atoms with Crippen molar-refractivity contribution in [2.24, 2.45) is 5.73 Å². The molecule has 21 heavy (non-hydrogen) atoms. The van der Waals surface area contributed by atoms with Gasteiger partial charge in [0, 0.05) is 12.1 Å². The minimum atomic E-state index is -0.313. The molecule has 4 N–H and O–H groups in total. The summed E-state index contributed by atoms with van der Waals surface area (Å²) < 4.78 is 0. The molecule has 0 radical (unpaired) electrons. The third kappa shape index (κ3) is 5.67. The van der Waals surface area contributed by atoms with Crippen molar-refractivity contribution in [3.05, 3.63) is 34.9 Å². The Morgan fingerprint density at radius 2 is 2.05 bits per heavy atom. The van der Waals surface area contributed by atoms with Gasteiger partial charge in [-0.3, -0.25) is 9.59 Å². The number of carbonyl (C=O) groups is 2. The Labute approximate surface area is 125 Å². The molecule has 0 bridgehead atoms. The van der Waals surface area contributed by atoms with Crippen LogP contribution < -0.4 is 16.4 Å². The second kappa shape index (κ2) is 8.77. The van der Waals surface area contributed by atoms with Crippen LogP contribution in [0.25, 0.3) is 0 Å². The summed E-state index contributed by atoms with van der Waals surface area (Å²) in [4.78, 5) is 23.7. The number of hydrogen-bond donors (Lipinski definition) is 3. The van der Waals surface area contributed by atoms with Crippen molar-refractivity contribution in [3.63, 3.8) is 0 Å². The van der Waals surface area contributed by atoms with Crippen LogP contribution in [0.4, 0.5) is 0 Å². The molecule has 0 aliphatic carbocycles. The van der Waals surface area contributed by atoms with E-state index in [9.17, 15) is 9.59 Å². The zero-order chi connectivity index (χ0) is 15.7. The number of carbonyl (C=O) groups excluding carboxylic acids is 2. The standard InChI is InChI=1S/C16H21N3O2/c1-3-9-18-15(20)11-19-16(21)14-10-12(2)6-7-13(14)5-4-8-17/h6-7,10H,3,8-9,11,17H2,1-2H3,(H,18,20)(H,19,21). The third-order valence-electron chi connectivity index (χ3n) is 2.73. The predicted octanol–water partition coefficient (Wildman–Crippen LogP) is 0.561. The van der Waals surface area contributed by atoms with Gasteiger partial charge >= 0.3 is 0 Å². The highest BCUT2D eigenvalue weighted by Gasteiger charge is 2.11. The van der Waals surface area contributed by atoms with Crippen LogP contribution in [0, 0.1) is 18.8 Å². The lowest BCUT2D eigenvalue weighted by Crippen LogP contribution is -2.37. The van der Waals surface area contributed by atoms with E-state index in [4.69, 9.17) is 5.73 Å². The Bertz CT molecular complexity index is 571. The quantitative estimate of drug-likeness (QED) is 0.692. The lowest BCUT2D eigenvalue weighted by atomic mass is 10.0. The van der Waals surface area contributed by atoms with Gasteiger partial charge in [-0.2, -0.15) is 0 Å². The van der Waals surface area contributed by atoms with Crippen LogP contribution in [-0.2, 0) is 4.79 Å². The molecular formula is C16H21N3O2. The maximum atomic E-state index is 12.2. The van der Waals surface area contributed by atoms with Crippen molar-refractivity contribution in [2.75, 3.05) is 19.6 Å². The summed E-state index contributed by atoms with van der Waals surface area (Å²) in [6, 6.07) is 5.41. The topological polar surface area (TPSA) is 84.2 Å². The molecule has 1 aromatic carbocycles. The second-order valence-electron chi connectivity index (χ2n) is 4.59. The van der Waals surface area contributed by atoms with Crippen LogP contribution in [0.1, 0.15) is 34.8 Å². The number of nitrogens with one attached hydrogen (secondary N) is 2. The van der Waals surface area contributed by atoms with E-state index in [0.717, 1.165) is 12.0 Å². The van der Waals surface area contributed by atoms with Gasteiger partial charge in [0.1, 0.15) is 0 Å². The molecule has 1 rings (SSSR count). The van der Waals surface area contributed by atoms with Crippen LogP contribution in [0.3, 0.4) is 0 Å². The van der Waals surface area contributed by atoms with E-state index in [-0.39, 0.29) is 24.9 Å². The molecule has 0 atom stereocenters. The Morgan fingerprint density at radius 1 is 1.29 bits per heavy atom. The first kappa shape index (κ1) is 16.7. The van der Waals surface area contributed by atoms with Crippen molar-refractivity contribution in [1.29, 1.82) is 0 Å². The molecule has 1 aromatic rings. The third-order valence-corrected chi connectivity index (χ3v) is 2.73. The van der Waals surface area contributed by atoms with Crippen molar-refractivity contribution < 1.29 is 9.59 Å². The number of rotatable bonds is 5. The number of benzene rings is 1. The highest BCUT2D eigenvalue weighted by atomic mass is 16.2. The fourth-order valence-corrected chi connectivity index (χ4v) is 1.68. The number of aryl methyl sites for hydroxylation is 1. The lowest BCUT2D eigenvalue weighted by molar-refractivity contribution is -0.120. The summed E-state index contributed by atoms with van der Waals surface area (Å²) in [5.41, 5.74) is 7.37. The minimum Gasteiger partial charge on any atom is -0.355 e. The van der Waals surface area contributed by atoms with Gasteiger partial charge in [-0.1, -0.05) is 30.4 Å². The first-order valence-electron chi connectivity index (χ1n) is 6.93. The normalized spacial score (nSPS) is 9.48. The largest absolute Gasteiger partial charge is 0.355 e. The highest BCUT2D eigenvalue weighted by Crippen LogP contribution is 2.10. The monoisotopic (exact) mass is 287 g/mol. The van der Waals surface area contributed by atoms with Crippen molar-refractivity contribution in [1.82, 2.24) is 10.6 Å². The number of nitrogens with two attached hydrogens (primary N) is 1. The Balaban J connectivity index is 2.77. The maximum absolute atomic E-state index is 12.2. The predicted molar refractivity (Wildman–Crippen MR) is 82.7 cm³/mol. The lowest BCUT2D eigenvalue weighted by Gasteiger charge is -2.08. The molecule has 0 aliphatic rings. The Kier molecular flexibility index (Phi) is 6.99. The van der Waals surface area contributed by atoms with Crippen LogP contribution >= 0.6 is 0 Å². The van der Waals surface area contributed by atoms with Gasteiger partial charge < -0.3 is 16.4 Å². The average Bonchev–Trinajstić information content (AvgIpc) is 2.49. The summed E-state index contributed by atoms with van der Waals surface area (Å²) in [7, 11) is 0. The molecule has 0 unspecified atom stereocenters. The SMILES string of the molecule is CCCNC(=O)CNC(=O)c1cc(C)ccc1C#CCN. The van der Waals surface area contributed by atoms with Gasteiger partial charge in [-0.15, -0.1) is 0 Å². The molecule has 5 heteroatoms. The van der Waals surface area contributed by atoms with E-state index < -0.39 is 0 Å². The van der Waals surface area contributed by atoms with E-state index in [1.807, 2.05) is 19.9 Å². The molecule has 0 aliphatic heterocycles. The smallest absolute Gasteiger partial charge is 0.252 e. The molecule has 5 nitrogen and oxygen atoms in total. The summed E-state index contributed by atoms with van der Waals surface area (Å²) in [5, 5.41) is 5.30. The van der Waals surface area contributed by atoms with E-state index >= 15 is 0 Å². The van der Waals surface area contributed by atoms with Gasteiger partial charge in [0.25, 0.3) is 5.91 Å². The van der Waals surface area contributed by atoms with E-state index in [0.29, 0.717) is 17.7 Å². The summed E-state index contributed by atoms with van der Waals surface area (Å²) in [5.74, 6) is 5.08. The molecule has 0 saturated carbocycles. The van der Waals surface area contributed by atoms with Crippen LogP contribution in [-0.4, -0.2) is 31.4 Å². The molecule has 0 aromatic heterocycles. The molecule has 0 heterocycles. The number of hydrogen-bond acceptors (Lipinski definition) is 3. The highest BCUT2D eigenvalue weighted by molar-refractivity contribution is 5.98. The first-order chi connectivity index (χ1) is 10.1. The van der Waals surface area contributed by atoms with Crippen LogP contribution in [0.2, 0.25) is 0 Å². The molecule has 2 amide bonds. The summed E-state index contributed by atoms with van der Waals surface area (Å²) in [6.45, 7) is 4.65. The van der Waals surface area contributed by atoms with E-state index in [1.165, 1.54) is 0 Å². The zero-order valence-electron chi connectivity index (χ0n) is 12.5. The molecule has 0 fully saturated rings. The fraction of sp³-hybridized carbons (Fsp3) is 0.375.